The zero-order valence-electron chi connectivity index (χ0n) is 11.0. The average Bonchev–Trinajstić information content (AvgIpc) is 2.97. The topological polar surface area (TPSA) is 83.6 Å². The van der Waals surface area contributed by atoms with E-state index in [1.54, 1.807) is 18.2 Å². The van der Waals surface area contributed by atoms with Gasteiger partial charge in [-0.1, -0.05) is 35.0 Å². The number of anilines is 1. The first-order valence-corrected chi connectivity index (χ1v) is 7.89. The number of carbonyl (C=O) groups excluding carboxylic acids is 1. The van der Waals surface area contributed by atoms with Gasteiger partial charge >= 0.3 is 0 Å². The Labute approximate surface area is 139 Å². The van der Waals surface area contributed by atoms with Crippen LogP contribution in [0.2, 0.25) is 10.0 Å². The Kier molecular flexibility index (Phi) is 4.47. The molecule has 0 saturated heterocycles. The number of fused-ring (bicyclic) bond motifs is 1. The minimum Gasteiger partial charge on any atom is -0.341 e. The van der Waals surface area contributed by atoms with Crippen molar-refractivity contribution in [3.63, 3.8) is 0 Å². The summed E-state index contributed by atoms with van der Waals surface area (Å²) in [6, 6.07) is 4.89. The van der Waals surface area contributed by atoms with Crippen LogP contribution >= 0.6 is 35.0 Å². The lowest BCUT2D eigenvalue weighted by Gasteiger charge is -2.07. The molecule has 2 heterocycles. The molecule has 9 heteroatoms. The Balaban J connectivity index is 1.66. The van der Waals surface area contributed by atoms with Crippen LogP contribution in [-0.2, 0) is 4.79 Å². The average molecular weight is 354 g/mol. The van der Waals surface area contributed by atoms with Crippen molar-refractivity contribution in [2.24, 2.45) is 0 Å². The fourth-order valence-corrected chi connectivity index (χ4v) is 2.98. The Morgan fingerprint density at radius 2 is 2.14 bits per heavy atom. The number of benzene rings is 1. The second-order valence-electron chi connectivity index (χ2n) is 4.24. The van der Waals surface area contributed by atoms with Crippen LogP contribution in [0.4, 0.5) is 5.69 Å². The van der Waals surface area contributed by atoms with Gasteiger partial charge in [-0.25, -0.2) is 15.0 Å². The summed E-state index contributed by atoms with van der Waals surface area (Å²) < 4.78 is 0. The Morgan fingerprint density at radius 1 is 1.27 bits per heavy atom. The van der Waals surface area contributed by atoms with Gasteiger partial charge in [-0.05, 0) is 18.2 Å². The number of imidazole rings is 1. The van der Waals surface area contributed by atoms with E-state index < -0.39 is 0 Å². The number of nitrogens with zero attached hydrogens (tertiary/aromatic N) is 3. The molecule has 0 aliphatic carbocycles. The van der Waals surface area contributed by atoms with Crippen LogP contribution in [0.15, 0.2) is 35.9 Å². The van der Waals surface area contributed by atoms with E-state index in [-0.39, 0.29) is 11.7 Å². The molecule has 22 heavy (non-hydrogen) atoms. The van der Waals surface area contributed by atoms with E-state index >= 15 is 0 Å². The van der Waals surface area contributed by atoms with E-state index in [0.717, 1.165) is 0 Å². The van der Waals surface area contributed by atoms with Gasteiger partial charge in [0.1, 0.15) is 16.9 Å². The number of carbonyl (C=O) groups is 1. The number of nitrogens with one attached hydrogen (secondary N) is 2. The predicted molar refractivity (Wildman–Crippen MR) is 87.5 cm³/mol. The minimum absolute atomic E-state index is 0.185. The number of halogens is 2. The third kappa shape index (κ3) is 3.32. The normalized spacial score (nSPS) is 10.8. The highest BCUT2D eigenvalue weighted by atomic mass is 35.5. The standard InChI is InChI=1S/C13H9Cl2N5OS/c14-7-1-2-9(8(15)3-7)20-10(21)4-22-13-11-12(17-5-16-11)18-6-19-13/h1-3,5-6H,4H2,(H,20,21)(H,16,17,18,19). The first kappa shape index (κ1) is 15.1. The molecule has 0 bridgehead atoms. The summed E-state index contributed by atoms with van der Waals surface area (Å²) in [5.41, 5.74) is 1.80. The summed E-state index contributed by atoms with van der Waals surface area (Å²) in [5.74, 6) is -0.00937. The van der Waals surface area contributed by atoms with E-state index in [9.17, 15) is 4.79 Å². The largest absolute Gasteiger partial charge is 0.341 e. The van der Waals surface area contributed by atoms with E-state index in [4.69, 9.17) is 23.2 Å². The number of aromatic amines is 1. The molecular formula is C13H9Cl2N5OS. The van der Waals surface area contributed by atoms with Crippen LogP contribution in [0.25, 0.3) is 11.2 Å². The summed E-state index contributed by atoms with van der Waals surface area (Å²) in [6.45, 7) is 0. The number of H-pyrrole nitrogens is 1. The Bertz CT molecular complexity index is 838. The molecule has 0 saturated carbocycles. The molecule has 0 atom stereocenters. The van der Waals surface area contributed by atoms with E-state index in [1.807, 2.05) is 0 Å². The molecular weight excluding hydrogens is 345 g/mol. The van der Waals surface area contributed by atoms with Gasteiger partial charge in [0.15, 0.2) is 5.65 Å². The van der Waals surface area contributed by atoms with Crippen molar-refractivity contribution in [1.29, 1.82) is 0 Å². The SMILES string of the molecule is O=C(CSc1ncnc2nc[nH]c12)Nc1ccc(Cl)cc1Cl. The molecule has 2 aromatic heterocycles. The van der Waals surface area contributed by atoms with Crippen molar-refractivity contribution < 1.29 is 4.79 Å². The molecule has 6 nitrogen and oxygen atoms in total. The number of rotatable bonds is 4. The van der Waals surface area contributed by atoms with Crippen LogP contribution in [0.1, 0.15) is 0 Å². The summed E-state index contributed by atoms with van der Waals surface area (Å²) in [7, 11) is 0. The maximum atomic E-state index is 12.0. The van der Waals surface area contributed by atoms with Gasteiger partial charge in [0.25, 0.3) is 0 Å². The lowest BCUT2D eigenvalue weighted by molar-refractivity contribution is -0.113. The quantitative estimate of drug-likeness (QED) is 0.554. The van der Waals surface area contributed by atoms with Gasteiger partial charge in [0, 0.05) is 5.02 Å². The van der Waals surface area contributed by atoms with Crippen molar-refractivity contribution >= 4 is 57.7 Å². The predicted octanol–water partition coefficient (Wildman–Crippen LogP) is 3.39. The van der Waals surface area contributed by atoms with Crippen molar-refractivity contribution in [2.75, 3.05) is 11.1 Å². The van der Waals surface area contributed by atoms with Gasteiger partial charge in [-0.2, -0.15) is 0 Å². The van der Waals surface area contributed by atoms with Crippen molar-refractivity contribution in [3.8, 4) is 0 Å². The smallest absolute Gasteiger partial charge is 0.234 e. The molecule has 0 unspecified atom stereocenters. The lowest BCUT2D eigenvalue weighted by Crippen LogP contribution is -2.14. The van der Waals surface area contributed by atoms with Gasteiger partial charge in [-0.15, -0.1) is 0 Å². The second-order valence-corrected chi connectivity index (χ2v) is 6.05. The number of hydrogen-bond donors (Lipinski definition) is 2. The molecule has 1 amide bonds. The maximum Gasteiger partial charge on any atom is 0.234 e. The molecule has 0 aliphatic heterocycles. The van der Waals surface area contributed by atoms with E-state index in [1.165, 1.54) is 24.4 Å². The molecule has 0 spiro atoms. The molecule has 0 aliphatic rings. The summed E-state index contributed by atoms with van der Waals surface area (Å²) in [5, 5.41) is 4.30. The lowest BCUT2D eigenvalue weighted by atomic mass is 10.3. The van der Waals surface area contributed by atoms with Crippen LogP contribution in [0.5, 0.6) is 0 Å². The van der Waals surface area contributed by atoms with E-state index in [0.29, 0.717) is 31.9 Å². The first-order chi connectivity index (χ1) is 10.6. The van der Waals surface area contributed by atoms with Gasteiger partial charge < -0.3 is 10.3 Å². The number of thioether (sulfide) groups is 1. The minimum atomic E-state index is -0.194. The zero-order valence-corrected chi connectivity index (χ0v) is 13.3. The van der Waals surface area contributed by atoms with E-state index in [2.05, 4.69) is 25.3 Å². The number of aromatic nitrogens is 4. The fourth-order valence-electron chi connectivity index (χ4n) is 1.76. The van der Waals surface area contributed by atoms with Crippen LogP contribution in [0.3, 0.4) is 0 Å². The summed E-state index contributed by atoms with van der Waals surface area (Å²) >= 11 is 13.1. The molecule has 3 aromatic rings. The fraction of sp³-hybridized carbons (Fsp3) is 0.0769. The number of amides is 1. The van der Waals surface area contributed by atoms with Gasteiger partial charge in [0.2, 0.25) is 5.91 Å². The van der Waals surface area contributed by atoms with Crippen LogP contribution in [0, 0.1) is 0 Å². The Morgan fingerprint density at radius 3 is 2.95 bits per heavy atom. The molecule has 0 fully saturated rings. The zero-order chi connectivity index (χ0) is 15.5. The third-order valence-electron chi connectivity index (χ3n) is 2.73. The van der Waals surface area contributed by atoms with Crippen molar-refractivity contribution in [1.82, 2.24) is 19.9 Å². The molecule has 2 N–H and O–H groups in total. The molecule has 3 rings (SSSR count). The monoisotopic (exact) mass is 353 g/mol. The molecule has 0 radical (unpaired) electrons. The van der Waals surface area contributed by atoms with Crippen molar-refractivity contribution in [2.45, 2.75) is 5.03 Å². The summed E-state index contributed by atoms with van der Waals surface area (Å²) in [4.78, 5) is 27.2. The highest BCUT2D eigenvalue weighted by Crippen LogP contribution is 2.26. The van der Waals surface area contributed by atoms with Gasteiger partial charge in [0.05, 0.1) is 22.8 Å². The highest BCUT2D eigenvalue weighted by Gasteiger charge is 2.11. The first-order valence-electron chi connectivity index (χ1n) is 6.15. The van der Waals surface area contributed by atoms with Crippen LogP contribution < -0.4 is 5.32 Å². The highest BCUT2D eigenvalue weighted by molar-refractivity contribution is 8.00. The number of hydrogen-bond acceptors (Lipinski definition) is 5. The summed E-state index contributed by atoms with van der Waals surface area (Å²) in [6.07, 6.45) is 2.95. The second kappa shape index (κ2) is 6.51. The van der Waals surface area contributed by atoms with Crippen LogP contribution in [-0.4, -0.2) is 31.6 Å². The maximum absolute atomic E-state index is 12.0. The Hall–Kier alpha value is -1.83. The van der Waals surface area contributed by atoms with Crippen molar-refractivity contribution in [3.05, 3.63) is 40.9 Å². The third-order valence-corrected chi connectivity index (χ3v) is 4.27. The van der Waals surface area contributed by atoms with Gasteiger partial charge in [-0.3, -0.25) is 4.79 Å². The molecule has 112 valence electrons. The molecule has 1 aromatic carbocycles.